The van der Waals surface area contributed by atoms with Gasteiger partial charge in [-0.2, -0.15) is 0 Å². The van der Waals surface area contributed by atoms with Crippen molar-refractivity contribution in [3.63, 3.8) is 0 Å². The number of benzene rings is 1. The Kier molecular flexibility index (Phi) is 4.98. The Morgan fingerprint density at radius 3 is 2.89 bits per heavy atom. The van der Waals surface area contributed by atoms with E-state index >= 15 is 0 Å². The van der Waals surface area contributed by atoms with Crippen molar-refractivity contribution in [1.82, 2.24) is 14.8 Å². The van der Waals surface area contributed by atoms with Crippen LogP contribution in [0.25, 0.3) is 10.9 Å². The zero-order valence-corrected chi connectivity index (χ0v) is 17.2. The van der Waals surface area contributed by atoms with E-state index in [-0.39, 0.29) is 30.5 Å². The van der Waals surface area contributed by atoms with Gasteiger partial charge in [-0.1, -0.05) is 19.1 Å². The first-order chi connectivity index (χ1) is 13.4. The maximum atomic E-state index is 13.0. The van der Waals surface area contributed by atoms with Crippen molar-refractivity contribution in [3.8, 4) is 0 Å². The van der Waals surface area contributed by atoms with Gasteiger partial charge in [-0.05, 0) is 43.5 Å². The lowest BCUT2D eigenvalue weighted by atomic mass is 9.68. The molecule has 6 nitrogen and oxygen atoms in total. The lowest BCUT2D eigenvalue weighted by Gasteiger charge is -2.52. The molecule has 0 spiro atoms. The van der Waals surface area contributed by atoms with Gasteiger partial charge in [0.25, 0.3) is 0 Å². The number of carbonyl (C=O) groups excluding carboxylic acids is 1. The minimum Gasteiger partial charge on any atom is -0.394 e. The van der Waals surface area contributed by atoms with Gasteiger partial charge in [-0.15, -0.1) is 0 Å². The summed E-state index contributed by atoms with van der Waals surface area (Å²) in [5.41, 5.74) is 3.25. The third-order valence-electron chi connectivity index (χ3n) is 6.89. The van der Waals surface area contributed by atoms with Gasteiger partial charge in [-0.3, -0.25) is 9.69 Å². The minimum atomic E-state index is -0.510. The molecule has 152 valence electrons. The number of fused-ring (bicyclic) bond motifs is 2. The Morgan fingerprint density at radius 2 is 2.21 bits per heavy atom. The highest BCUT2D eigenvalue weighted by atomic mass is 16.5. The van der Waals surface area contributed by atoms with Gasteiger partial charge in [0.05, 0.1) is 18.6 Å². The van der Waals surface area contributed by atoms with Gasteiger partial charge in [-0.25, -0.2) is 0 Å². The first kappa shape index (κ1) is 19.4. The molecule has 1 fully saturated rings. The monoisotopic (exact) mass is 385 g/mol. The zero-order valence-electron chi connectivity index (χ0n) is 17.2. The second kappa shape index (κ2) is 7.17. The van der Waals surface area contributed by atoms with Crippen LogP contribution in [0.3, 0.4) is 0 Å². The largest absolute Gasteiger partial charge is 0.394 e. The molecule has 6 heteroatoms. The van der Waals surface area contributed by atoms with Gasteiger partial charge in [0.15, 0.2) is 0 Å². The first-order valence-electron chi connectivity index (χ1n) is 10.2. The number of methoxy groups -OCH3 is 1. The quantitative estimate of drug-likeness (QED) is 0.824. The number of aliphatic hydroxyl groups excluding tert-OH is 1. The Hall–Kier alpha value is -1.89. The van der Waals surface area contributed by atoms with Gasteiger partial charge in [0, 0.05) is 43.8 Å². The smallest absolute Gasteiger partial charge is 0.224 e. The Morgan fingerprint density at radius 1 is 1.43 bits per heavy atom. The van der Waals surface area contributed by atoms with Gasteiger partial charge < -0.3 is 19.7 Å². The van der Waals surface area contributed by atoms with E-state index in [0.29, 0.717) is 13.0 Å². The molecule has 2 heterocycles. The van der Waals surface area contributed by atoms with Crippen molar-refractivity contribution in [3.05, 3.63) is 35.5 Å². The summed E-state index contributed by atoms with van der Waals surface area (Å²) in [5.74, 6) is -0.170. The highest BCUT2D eigenvalue weighted by Gasteiger charge is 2.53. The molecule has 2 aromatic rings. The van der Waals surface area contributed by atoms with Crippen molar-refractivity contribution >= 4 is 16.8 Å². The summed E-state index contributed by atoms with van der Waals surface area (Å²) in [6, 6.07) is 6.41. The van der Waals surface area contributed by atoms with Crippen LogP contribution in [0.4, 0.5) is 0 Å². The summed E-state index contributed by atoms with van der Waals surface area (Å²) in [6.45, 7) is 2.64. The number of rotatable bonds is 5. The third kappa shape index (κ3) is 2.78. The summed E-state index contributed by atoms with van der Waals surface area (Å²) in [6.07, 6.45) is 4.52. The molecule has 2 aliphatic rings. The lowest BCUT2D eigenvalue weighted by Crippen LogP contribution is -2.61. The summed E-state index contributed by atoms with van der Waals surface area (Å²) in [5, 5.41) is 13.8. The van der Waals surface area contributed by atoms with E-state index < -0.39 is 5.60 Å². The summed E-state index contributed by atoms with van der Waals surface area (Å²) in [4.78, 5) is 15.3. The Balaban J connectivity index is 1.75. The van der Waals surface area contributed by atoms with Gasteiger partial charge in [0.1, 0.15) is 5.60 Å². The third-order valence-corrected chi connectivity index (χ3v) is 6.89. The van der Waals surface area contributed by atoms with Crippen LogP contribution in [-0.4, -0.2) is 59.9 Å². The van der Waals surface area contributed by atoms with E-state index in [0.717, 1.165) is 12.8 Å². The standard InChI is InChI=1S/C22H31N3O3/c1-5-16(13-26)23-21(27)15-10-22(28-4)17-7-6-8-18-20(17)14(11-24(18)2)9-19(22)25(3)12-15/h6-8,11,15-16,19,26H,5,9-10,12-13H2,1-4H3,(H,23,27)/t15?,16?,19-,22+/m1/s1. The molecule has 1 aromatic heterocycles. The van der Waals surface area contributed by atoms with Crippen LogP contribution in [0.1, 0.15) is 30.9 Å². The topological polar surface area (TPSA) is 66.7 Å². The SMILES string of the molecule is CCC(CO)NC(=O)C1CN(C)[C@@H]2Cc3cn(C)c4cccc(c34)[C@@]2(OC)C1. The number of carbonyl (C=O) groups is 1. The number of nitrogens with one attached hydrogen (secondary N) is 1. The minimum absolute atomic E-state index is 0.00802. The molecule has 1 aliphatic heterocycles. The number of likely N-dealkylation sites (tertiary alicyclic amines) is 1. The lowest BCUT2D eigenvalue weighted by molar-refractivity contribution is -0.148. The average Bonchev–Trinajstić information content (AvgIpc) is 3.03. The molecular formula is C22H31N3O3. The first-order valence-corrected chi connectivity index (χ1v) is 10.2. The van der Waals surface area contributed by atoms with Crippen LogP contribution in [0.2, 0.25) is 0 Å². The average molecular weight is 386 g/mol. The van der Waals surface area contributed by atoms with Crippen molar-refractivity contribution in [2.75, 3.05) is 27.3 Å². The maximum Gasteiger partial charge on any atom is 0.224 e. The second-order valence-electron chi connectivity index (χ2n) is 8.42. The molecule has 4 rings (SSSR count). The molecule has 2 unspecified atom stereocenters. The van der Waals surface area contributed by atoms with E-state index in [2.05, 4.69) is 53.3 Å². The molecule has 1 aromatic carbocycles. The molecule has 0 radical (unpaired) electrons. The molecular weight excluding hydrogens is 354 g/mol. The molecule has 28 heavy (non-hydrogen) atoms. The second-order valence-corrected chi connectivity index (χ2v) is 8.42. The van der Waals surface area contributed by atoms with E-state index in [1.165, 1.54) is 22.0 Å². The number of likely N-dealkylation sites (N-methyl/N-ethyl adjacent to an activating group) is 1. The van der Waals surface area contributed by atoms with Crippen LogP contribution < -0.4 is 5.32 Å². The predicted octanol–water partition coefficient (Wildman–Crippen LogP) is 1.78. The summed E-state index contributed by atoms with van der Waals surface area (Å²) < 4.78 is 8.45. The Labute approximate surface area is 166 Å². The normalized spacial score (nSPS) is 28.2. The van der Waals surface area contributed by atoms with E-state index in [1.807, 2.05) is 6.92 Å². The van der Waals surface area contributed by atoms with Gasteiger partial charge in [0.2, 0.25) is 5.91 Å². The maximum absolute atomic E-state index is 13.0. The van der Waals surface area contributed by atoms with E-state index in [4.69, 9.17) is 4.74 Å². The molecule has 0 saturated carbocycles. The molecule has 2 N–H and O–H groups in total. The number of aryl methyl sites for hydroxylation is 1. The summed E-state index contributed by atoms with van der Waals surface area (Å²) in [7, 11) is 5.95. The number of aliphatic hydroxyl groups is 1. The number of aromatic nitrogens is 1. The van der Waals surface area contributed by atoms with Crippen molar-refractivity contribution in [1.29, 1.82) is 0 Å². The van der Waals surface area contributed by atoms with Crippen molar-refractivity contribution < 1.29 is 14.6 Å². The molecule has 1 saturated heterocycles. The number of nitrogens with zero attached hydrogens (tertiary/aromatic N) is 2. The fourth-order valence-corrected chi connectivity index (χ4v) is 5.36. The van der Waals surface area contributed by atoms with Crippen molar-refractivity contribution in [2.24, 2.45) is 13.0 Å². The summed E-state index contributed by atoms with van der Waals surface area (Å²) >= 11 is 0. The van der Waals surface area contributed by atoms with Crippen LogP contribution in [0.5, 0.6) is 0 Å². The number of piperidine rings is 1. The number of hydrogen-bond acceptors (Lipinski definition) is 4. The van der Waals surface area contributed by atoms with E-state index in [9.17, 15) is 9.90 Å². The zero-order chi connectivity index (χ0) is 20.1. The van der Waals surface area contributed by atoms with Crippen LogP contribution in [-0.2, 0) is 28.6 Å². The van der Waals surface area contributed by atoms with Crippen LogP contribution >= 0.6 is 0 Å². The number of amides is 1. The fourth-order valence-electron chi connectivity index (χ4n) is 5.36. The molecule has 0 bridgehead atoms. The van der Waals surface area contributed by atoms with Crippen molar-refractivity contribution in [2.45, 2.75) is 43.9 Å². The number of ether oxygens (including phenoxy) is 1. The Bertz CT molecular complexity index is 889. The molecule has 1 aliphatic carbocycles. The van der Waals surface area contributed by atoms with E-state index in [1.54, 1.807) is 7.11 Å². The fraction of sp³-hybridized carbons (Fsp3) is 0.591. The molecule has 1 amide bonds. The van der Waals surface area contributed by atoms with Crippen LogP contribution in [0, 0.1) is 5.92 Å². The number of hydrogen-bond donors (Lipinski definition) is 2. The molecule has 4 atom stereocenters. The predicted molar refractivity (Wildman–Crippen MR) is 109 cm³/mol. The van der Waals surface area contributed by atoms with Crippen LogP contribution in [0.15, 0.2) is 24.4 Å². The van der Waals surface area contributed by atoms with Gasteiger partial charge >= 0.3 is 0 Å². The highest BCUT2D eigenvalue weighted by Crippen LogP contribution is 2.49. The highest BCUT2D eigenvalue weighted by molar-refractivity contribution is 5.90.